The predicted molar refractivity (Wildman–Crippen MR) is 49.0 cm³/mol. The van der Waals surface area contributed by atoms with Gasteiger partial charge in [0.15, 0.2) is 0 Å². The van der Waals surface area contributed by atoms with Crippen LogP contribution in [0.4, 0.5) is 0 Å². The molecule has 1 rings (SSSR count). The molecule has 0 saturated heterocycles. The van der Waals surface area contributed by atoms with Crippen LogP contribution in [0.1, 0.15) is 11.3 Å². The standard InChI is InChI=1S/C8H7ClOS/c9-8-5-4-7(11-8)3-1-2-6-10/h1,3-6H,2H2/b3-1-. The molecule has 0 unspecified atom stereocenters. The highest BCUT2D eigenvalue weighted by Gasteiger charge is 1.91. The maximum absolute atomic E-state index is 9.93. The van der Waals surface area contributed by atoms with Gasteiger partial charge in [-0.15, -0.1) is 11.3 Å². The zero-order valence-electron chi connectivity index (χ0n) is 5.79. The average molecular weight is 187 g/mol. The Balaban J connectivity index is 2.56. The Kier molecular flexibility index (Phi) is 3.33. The molecule has 0 amide bonds. The Morgan fingerprint density at radius 2 is 2.36 bits per heavy atom. The summed E-state index contributed by atoms with van der Waals surface area (Å²) in [5, 5.41) is 0. The number of rotatable bonds is 3. The highest BCUT2D eigenvalue weighted by atomic mass is 35.5. The molecule has 1 aromatic heterocycles. The lowest BCUT2D eigenvalue weighted by atomic mass is 10.3. The molecule has 0 N–H and O–H groups in total. The molecule has 0 bridgehead atoms. The lowest BCUT2D eigenvalue weighted by Gasteiger charge is -1.79. The third-order valence-corrected chi connectivity index (χ3v) is 2.30. The van der Waals surface area contributed by atoms with Crippen molar-refractivity contribution in [2.24, 2.45) is 0 Å². The van der Waals surface area contributed by atoms with Gasteiger partial charge in [0, 0.05) is 11.3 Å². The normalized spacial score (nSPS) is 10.6. The molecule has 58 valence electrons. The number of halogens is 1. The third-order valence-electron chi connectivity index (χ3n) is 1.11. The summed E-state index contributed by atoms with van der Waals surface area (Å²) in [4.78, 5) is 11.0. The summed E-state index contributed by atoms with van der Waals surface area (Å²) < 4.78 is 0.774. The van der Waals surface area contributed by atoms with Crippen LogP contribution in [-0.2, 0) is 4.79 Å². The number of carbonyl (C=O) groups is 1. The quantitative estimate of drug-likeness (QED) is 0.664. The van der Waals surface area contributed by atoms with Crippen LogP contribution in [0.2, 0.25) is 4.34 Å². The molecule has 0 radical (unpaired) electrons. The van der Waals surface area contributed by atoms with Crippen molar-refractivity contribution in [3.05, 3.63) is 27.4 Å². The lowest BCUT2D eigenvalue weighted by Crippen LogP contribution is -1.64. The first-order chi connectivity index (χ1) is 5.33. The van der Waals surface area contributed by atoms with Gasteiger partial charge in [-0.3, -0.25) is 0 Å². The van der Waals surface area contributed by atoms with Crippen molar-refractivity contribution >= 4 is 35.3 Å². The van der Waals surface area contributed by atoms with Crippen molar-refractivity contribution in [1.82, 2.24) is 0 Å². The average Bonchev–Trinajstić information content (AvgIpc) is 2.37. The van der Waals surface area contributed by atoms with Gasteiger partial charge in [0.2, 0.25) is 0 Å². The van der Waals surface area contributed by atoms with Gasteiger partial charge in [0.1, 0.15) is 6.29 Å². The van der Waals surface area contributed by atoms with E-state index < -0.39 is 0 Å². The third kappa shape index (κ3) is 2.87. The van der Waals surface area contributed by atoms with Gasteiger partial charge in [-0.05, 0) is 18.2 Å². The number of aldehydes is 1. The van der Waals surface area contributed by atoms with E-state index in [0.29, 0.717) is 6.42 Å². The molecule has 0 aliphatic rings. The molecule has 11 heavy (non-hydrogen) atoms. The first kappa shape index (κ1) is 8.50. The molecule has 0 aliphatic carbocycles. The van der Waals surface area contributed by atoms with Crippen molar-refractivity contribution in [2.75, 3.05) is 0 Å². The fourth-order valence-electron chi connectivity index (χ4n) is 0.658. The molecule has 3 heteroatoms. The Morgan fingerprint density at radius 1 is 1.55 bits per heavy atom. The van der Waals surface area contributed by atoms with Crippen molar-refractivity contribution in [3.8, 4) is 0 Å². The first-order valence-corrected chi connectivity index (χ1v) is 4.38. The Bertz CT molecular complexity index is 265. The van der Waals surface area contributed by atoms with Crippen molar-refractivity contribution in [2.45, 2.75) is 6.42 Å². The van der Waals surface area contributed by atoms with Gasteiger partial charge < -0.3 is 4.79 Å². The van der Waals surface area contributed by atoms with Gasteiger partial charge in [0.25, 0.3) is 0 Å². The Hall–Kier alpha value is -0.600. The van der Waals surface area contributed by atoms with Gasteiger partial charge >= 0.3 is 0 Å². The largest absolute Gasteiger partial charge is 0.303 e. The molecular weight excluding hydrogens is 180 g/mol. The molecule has 1 nitrogen and oxygen atoms in total. The highest BCUT2D eigenvalue weighted by molar-refractivity contribution is 7.16. The molecule has 0 aliphatic heterocycles. The second kappa shape index (κ2) is 4.31. The minimum atomic E-state index is 0.468. The van der Waals surface area contributed by atoms with E-state index in [1.165, 1.54) is 11.3 Å². The summed E-state index contributed by atoms with van der Waals surface area (Å²) in [6.45, 7) is 0. The predicted octanol–water partition coefficient (Wildman–Crippen LogP) is 3.00. The van der Waals surface area contributed by atoms with E-state index in [0.717, 1.165) is 15.5 Å². The van der Waals surface area contributed by atoms with Crippen LogP contribution in [0.3, 0.4) is 0 Å². The van der Waals surface area contributed by atoms with Crippen molar-refractivity contribution in [1.29, 1.82) is 0 Å². The SMILES string of the molecule is O=CC/C=C\c1ccc(Cl)s1. The van der Waals surface area contributed by atoms with Gasteiger partial charge in [-0.25, -0.2) is 0 Å². The van der Waals surface area contributed by atoms with Gasteiger partial charge in [0.05, 0.1) is 4.34 Å². The smallest absolute Gasteiger partial charge is 0.123 e. The van der Waals surface area contributed by atoms with E-state index >= 15 is 0 Å². The summed E-state index contributed by atoms with van der Waals surface area (Å²) in [7, 11) is 0. The fourth-order valence-corrected chi connectivity index (χ4v) is 1.65. The van der Waals surface area contributed by atoms with Crippen LogP contribution in [0.5, 0.6) is 0 Å². The number of thiophene rings is 1. The number of allylic oxidation sites excluding steroid dienone is 1. The topological polar surface area (TPSA) is 17.1 Å². The molecular formula is C8H7ClOS. The minimum Gasteiger partial charge on any atom is -0.303 e. The van der Waals surface area contributed by atoms with E-state index in [-0.39, 0.29) is 0 Å². The van der Waals surface area contributed by atoms with E-state index in [1.54, 1.807) is 0 Å². The molecule has 0 spiro atoms. The van der Waals surface area contributed by atoms with Crippen LogP contribution in [0, 0.1) is 0 Å². The van der Waals surface area contributed by atoms with Crippen molar-refractivity contribution in [3.63, 3.8) is 0 Å². The summed E-state index contributed by atoms with van der Waals surface area (Å²) in [5.74, 6) is 0. The van der Waals surface area contributed by atoms with Crippen LogP contribution in [0.25, 0.3) is 6.08 Å². The molecule has 1 heterocycles. The molecule has 0 aromatic carbocycles. The first-order valence-electron chi connectivity index (χ1n) is 3.18. The number of carbonyl (C=O) groups excluding carboxylic acids is 1. The highest BCUT2D eigenvalue weighted by Crippen LogP contribution is 2.22. The maximum atomic E-state index is 9.93. The number of hydrogen-bond donors (Lipinski definition) is 0. The summed E-state index contributed by atoms with van der Waals surface area (Å²) in [5.41, 5.74) is 0. The maximum Gasteiger partial charge on any atom is 0.123 e. The monoisotopic (exact) mass is 186 g/mol. The Labute approximate surface area is 74.3 Å². The van der Waals surface area contributed by atoms with Crippen molar-refractivity contribution < 1.29 is 4.79 Å². The van der Waals surface area contributed by atoms with Gasteiger partial charge in [-0.2, -0.15) is 0 Å². The summed E-state index contributed by atoms with van der Waals surface area (Å²) in [6, 6.07) is 3.76. The minimum absolute atomic E-state index is 0.468. The van der Waals surface area contributed by atoms with Gasteiger partial charge in [-0.1, -0.05) is 17.7 Å². The molecule has 0 atom stereocenters. The van der Waals surface area contributed by atoms with E-state index in [2.05, 4.69) is 0 Å². The molecule has 0 fully saturated rings. The van der Waals surface area contributed by atoms with Crippen LogP contribution in [-0.4, -0.2) is 6.29 Å². The zero-order valence-corrected chi connectivity index (χ0v) is 7.36. The lowest BCUT2D eigenvalue weighted by molar-refractivity contribution is -0.107. The number of hydrogen-bond acceptors (Lipinski definition) is 2. The second-order valence-electron chi connectivity index (χ2n) is 1.95. The Morgan fingerprint density at radius 3 is 2.91 bits per heavy atom. The van der Waals surface area contributed by atoms with Crippen LogP contribution in [0.15, 0.2) is 18.2 Å². The molecule has 1 aromatic rings. The second-order valence-corrected chi connectivity index (χ2v) is 3.69. The summed E-state index contributed by atoms with van der Waals surface area (Å²) >= 11 is 7.19. The van der Waals surface area contributed by atoms with Crippen LogP contribution < -0.4 is 0 Å². The summed E-state index contributed by atoms with van der Waals surface area (Å²) in [6.07, 6.45) is 5.04. The van der Waals surface area contributed by atoms with E-state index in [9.17, 15) is 4.79 Å². The van der Waals surface area contributed by atoms with E-state index in [4.69, 9.17) is 11.6 Å². The zero-order chi connectivity index (χ0) is 8.10. The molecule has 0 saturated carbocycles. The van der Waals surface area contributed by atoms with Crippen LogP contribution >= 0.6 is 22.9 Å². The van der Waals surface area contributed by atoms with E-state index in [1.807, 2.05) is 24.3 Å². The fraction of sp³-hybridized carbons (Fsp3) is 0.125.